The number of carbonyl (C=O) groups excluding carboxylic acids is 1. The van der Waals surface area contributed by atoms with E-state index in [1.54, 1.807) is 37.9 Å². The van der Waals surface area contributed by atoms with E-state index in [1.807, 2.05) is 0 Å². The van der Waals surface area contributed by atoms with E-state index in [0.29, 0.717) is 37.4 Å². The zero-order valence-corrected chi connectivity index (χ0v) is 14.6. The molecule has 1 N–H and O–H groups in total. The van der Waals surface area contributed by atoms with Crippen LogP contribution in [-0.4, -0.2) is 56.4 Å². The number of ether oxygens (including phenoxy) is 2. The fourth-order valence-corrected chi connectivity index (χ4v) is 2.85. The van der Waals surface area contributed by atoms with Crippen molar-refractivity contribution in [3.63, 3.8) is 0 Å². The molecule has 0 saturated carbocycles. The van der Waals surface area contributed by atoms with Crippen LogP contribution in [0.5, 0.6) is 5.75 Å². The molecule has 1 saturated heterocycles. The third-order valence-electron chi connectivity index (χ3n) is 3.92. The third-order valence-corrected chi connectivity index (χ3v) is 3.92. The van der Waals surface area contributed by atoms with Gasteiger partial charge < -0.3 is 19.7 Å². The van der Waals surface area contributed by atoms with Crippen molar-refractivity contribution in [1.29, 1.82) is 0 Å². The largest absolute Gasteiger partial charge is 0.484 e. The molecule has 0 spiro atoms. The number of nitrogens with zero attached hydrogens (tertiary/aromatic N) is 1. The first-order chi connectivity index (χ1) is 11.7. The van der Waals surface area contributed by atoms with E-state index in [0.717, 1.165) is 5.56 Å². The summed E-state index contributed by atoms with van der Waals surface area (Å²) in [5, 5.41) is 3.11. The van der Waals surface area contributed by atoms with E-state index in [4.69, 9.17) is 9.47 Å². The summed E-state index contributed by atoms with van der Waals surface area (Å²) in [6, 6.07) is 3.12. The van der Waals surface area contributed by atoms with Crippen molar-refractivity contribution < 1.29 is 27.4 Å². The van der Waals surface area contributed by atoms with Gasteiger partial charge in [0.15, 0.2) is 6.61 Å². The average molecular weight is 360 g/mol. The predicted octanol–water partition coefficient (Wildman–Crippen LogP) is 2.19. The maximum absolute atomic E-state index is 12.4. The molecule has 1 aliphatic heterocycles. The third kappa shape index (κ3) is 5.61. The summed E-state index contributed by atoms with van der Waals surface area (Å²) in [5.74, 6) is 0.157. The van der Waals surface area contributed by atoms with Gasteiger partial charge >= 0.3 is 6.18 Å². The van der Waals surface area contributed by atoms with Crippen molar-refractivity contribution in [3.05, 3.63) is 28.8 Å². The number of likely N-dealkylation sites (N-methyl/N-ethyl adjacent to an activating group) is 1. The first-order valence-electron chi connectivity index (χ1n) is 8.03. The summed E-state index contributed by atoms with van der Waals surface area (Å²) in [6.07, 6.45) is -4.38. The number of amides is 1. The maximum atomic E-state index is 12.4. The molecule has 1 heterocycles. The highest BCUT2D eigenvalue weighted by molar-refractivity contribution is 5.81. The van der Waals surface area contributed by atoms with Crippen molar-refractivity contribution in [2.75, 3.05) is 33.4 Å². The van der Waals surface area contributed by atoms with Gasteiger partial charge in [-0.3, -0.25) is 4.79 Å². The molecule has 1 amide bonds. The van der Waals surface area contributed by atoms with E-state index in [-0.39, 0.29) is 17.7 Å². The Morgan fingerprint density at radius 3 is 2.52 bits per heavy atom. The van der Waals surface area contributed by atoms with Crippen LogP contribution in [0.15, 0.2) is 12.1 Å². The molecule has 2 rings (SSSR count). The minimum Gasteiger partial charge on any atom is -0.484 e. The Kier molecular flexibility index (Phi) is 6.29. The number of rotatable bonds is 5. The number of halogens is 3. The quantitative estimate of drug-likeness (QED) is 0.875. The summed E-state index contributed by atoms with van der Waals surface area (Å²) < 4.78 is 47.2. The smallest absolute Gasteiger partial charge is 0.422 e. The van der Waals surface area contributed by atoms with Gasteiger partial charge in [-0.15, -0.1) is 0 Å². The number of carbonyl (C=O) groups is 1. The Bertz CT molecular complexity index is 591. The molecule has 0 aliphatic carbocycles. The van der Waals surface area contributed by atoms with E-state index in [9.17, 15) is 18.0 Å². The van der Waals surface area contributed by atoms with Crippen LogP contribution in [-0.2, 0) is 16.1 Å². The van der Waals surface area contributed by atoms with Gasteiger partial charge in [0, 0.05) is 20.1 Å². The van der Waals surface area contributed by atoms with Crippen LogP contribution in [0.1, 0.15) is 16.7 Å². The number of morpholine rings is 1. The van der Waals surface area contributed by atoms with E-state index in [2.05, 4.69) is 5.32 Å². The fourth-order valence-electron chi connectivity index (χ4n) is 2.85. The Balaban J connectivity index is 2.03. The number of hydrogen-bond acceptors (Lipinski definition) is 4. The van der Waals surface area contributed by atoms with Crippen molar-refractivity contribution in [2.45, 2.75) is 32.6 Å². The molecule has 1 aromatic rings. The van der Waals surface area contributed by atoms with Crippen LogP contribution in [0.4, 0.5) is 13.2 Å². The molecule has 1 fully saturated rings. The van der Waals surface area contributed by atoms with Gasteiger partial charge in [0.2, 0.25) is 5.91 Å². The molecular formula is C17H23F3N2O3. The Hall–Kier alpha value is -1.80. The molecule has 1 aromatic carbocycles. The number of aryl methyl sites for hydroxylation is 2. The molecule has 25 heavy (non-hydrogen) atoms. The molecule has 1 atom stereocenters. The van der Waals surface area contributed by atoms with Crippen molar-refractivity contribution >= 4 is 5.91 Å². The van der Waals surface area contributed by atoms with Crippen molar-refractivity contribution in [3.8, 4) is 5.75 Å². The number of hydrogen-bond donors (Lipinski definition) is 1. The topological polar surface area (TPSA) is 50.8 Å². The first-order valence-corrected chi connectivity index (χ1v) is 8.03. The highest BCUT2D eigenvalue weighted by atomic mass is 19.4. The molecule has 1 aliphatic rings. The van der Waals surface area contributed by atoms with Crippen LogP contribution in [0.3, 0.4) is 0 Å². The van der Waals surface area contributed by atoms with Gasteiger partial charge in [0.1, 0.15) is 11.8 Å². The number of benzene rings is 1. The van der Waals surface area contributed by atoms with Crippen molar-refractivity contribution in [1.82, 2.24) is 10.2 Å². The zero-order valence-electron chi connectivity index (χ0n) is 14.6. The monoisotopic (exact) mass is 360 g/mol. The lowest BCUT2D eigenvalue weighted by Crippen LogP contribution is -2.51. The second-order valence-electron chi connectivity index (χ2n) is 6.24. The van der Waals surface area contributed by atoms with Gasteiger partial charge in [0.05, 0.1) is 13.2 Å². The zero-order chi connectivity index (χ0) is 18.6. The van der Waals surface area contributed by atoms with Crippen LogP contribution in [0.2, 0.25) is 0 Å². The molecule has 5 nitrogen and oxygen atoms in total. The molecule has 0 aromatic heterocycles. The standard InChI is InChI=1S/C17H23F3N2O3/c1-11-6-13(7-12(2)15(11)25-10-17(18,19)20)8-22(3)16(23)14-9-24-5-4-21-14/h6-7,14,21H,4-5,8-10H2,1-3H3. The Morgan fingerprint density at radius 2 is 2.00 bits per heavy atom. The van der Waals surface area contributed by atoms with Gasteiger partial charge in [0.25, 0.3) is 0 Å². The Morgan fingerprint density at radius 1 is 1.36 bits per heavy atom. The van der Waals surface area contributed by atoms with Gasteiger partial charge in [-0.05, 0) is 30.5 Å². The second kappa shape index (κ2) is 8.05. The molecule has 8 heteroatoms. The molecule has 0 bridgehead atoms. The highest BCUT2D eigenvalue weighted by Gasteiger charge is 2.29. The SMILES string of the molecule is Cc1cc(CN(C)C(=O)C2COCCN2)cc(C)c1OCC(F)(F)F. The van der Waals surface area contributed by atoms with E-state index in [1.165, 1.54) is 0 Å². The summed E-state index contributed by atoms with van der Waals surface area (Å²) >= 11 is 0. The van der Waals surface area contributed by atoms with Gasteiger partial charge in [-0.25, -0.2) is 0 Å². The average Bonchev–Trinajstić information content (AvgIpc) is 2.53. The maximum Gasteiger partial charge on any atom is 0.422 e. The van der Waals surface area contributed by atoms with E-state index < -0.39 is 12.8 Å². The van der Waals surface area contributed by atoms with Crippen LogP contribution in [0.25, 0.3) is 0 Å². The lowest BCUT2D eigenvalue weighted by Gasteiger charge is -2.28. The lowest BCUT2D eigenvalue weighted by molar-refractivity contribution is -0.153. The summed E-state index contributed by atoms with van der Waals surface area (Å²) in [6.45, 7) is 3.99. The lowest BCUT2D eigenvalue weighted by atomic mass is 10.0. The van der Waals surface area contributed by atoms with Crippen LogP contribution >= 0.6 is 0 Å². The van der Waals surface area contributed by atoms with Crippen LogP contribution in [0, 0.1) is 13.8 Å². The van der Waals surface area contributed by atoms with Crippen molar-refractivity contribution in [2.24, 2.45) is 0 Å². The van der Waals surface area contributed by atoms with Crippen LogP contribution < -0.4 is 10.1 Å². The number of nitrogens with one attached hydrogen (secondary N) is 1. The van der Waals surface area contributed by atoms with Gasteiger partial charge in [-0.1, -0.05) is 12.1 Å². The number of alkyl halides is 3. The first kappa shape index (κ1) is 19.5. The predicted molar refractivity (Wildman–Crippen MR) is 86.5 cm³/mol. The summed E-state index contributed by atoms with van der Waals surface area (Å²) in [4.78, 5) is 14.0. The fraction of sp³-hybridized carbons (Fsp3) is 0.588. The minimum atomic E-state index is -4.38. The normalized spacial score (nSPS) is 18.1. The molecular weight excluding hydrogens is 337 g/mol. The summed E-state index contributed by atoms with van der Waals surface area (Å²) in [7, 11) is 1.69. The second-order valence-corrected chi connectivity index (χ2v) is 6.24. The molecule has 0 radical (unpaired) electrons. The van der Waals surface area contributed by atoms with Gasteiger partial charge in [-0.2, -0.15) is 13.2 Å². The van der Waals surface area contributed by atoms with E-state index >= 15 is 0 Å². The molecule has 1 unspecified atom stereocenters. The Labute approximate surface area is 145 Å². The minimum absolute atomic E-state index is 0.0765. The highest BCUT2D eigenvalue weighted by Crippen LogP contribution is 2.27. The molecule has 140 valence electrons. The summed E-state index contributed by atoms with van der Waals surface area (Å²) in [5.41, 5.74) is 2.06.